The van der Waals surface area contributed by atoms with E-state index in [0.717, 1.165) is 20.2 Å². The predicted molar refractivity (Wildman–Crippen MR) is 67.2 cm³/mol. The lowest BCUT2D eigenvalue weighted by Gasteiger charge is -2.32. The van der Waals surface area contributed by atoms with Gasteiger partial charge in [0.15, 0.2) is 0 Å². The molecule has 18 heavy (non-hydrogen) atoms. The van der Waals surface area contributed by atoms with E-state index in [0.29, 0.717) is 6.42 Å². The maximum atomic E-state index is 12.0. The number of carbonyl (C=O) groups is 3. The van der Waals surface area contributed by atoms with Gasteiger partial charge in [-0.3, -0.25) is 19.4 Å². The van der Waals surface area contributed by atoms with E-state index >= 15 is 0 Å². The van der Waals surface area contributed by atoms with Crippen LogP contribution in [0.5, 0.6) is 0 Å². The highest BCUT2D eigenvalue weighted by Crippen LogP contribution is 2.24. The predicted octanol–water partition coefficient (Wildman–Crippen LogP) is 1.27. The molecule has 0 unspecified atom stereocenters. The molecule has 1 fully saturated rings. The van der Waals surface area contributed by atoms with Gasteiger partial charge in [-0.25, -0.2) is 4.79 Å². The number of hydrogen-bond acceptors (Lipinski definition) is 4. The lowest BCUT2D eigenvalue weighted by atomic mass is 9.98. The van der Waals surface area contributed by atoms with Gasteiger partial charge in [0.2, 0.25) is 11.8 Å². The Morgan fingerprint density at radius 1 is 1.17 bits per heavy atom. The monoisotopic (exact) mass is 266 g/mol. The average Bonchev–Trinajstić information content (AvgIpc) is 2.75. The van der Waals surface area contributed by atoms with Crippen LogP contribution >= 0.6 is 11.3 Å². The van der Waals surface area contributed by atoms with E-state index < -0.39 is 23.8 Å². The fourth-order valence-corrected chi connectivity index (χ4v) is 2.91. The number of thiophene rings is 1. The first-order valence-electron chi connectivity index (χ1n) is 5.55. The Kier molecular flexibility index (Phi) is 3.21. The molecule has 4 amide bonds. The van der Waals surface area contributed by atoms with Gasteiger partial charge < -0.3 is 0 Å². The zero-order chi connectivity index (χ0) is 13.4. The van der Waals surface area contributed by atoms with E-state index in [1.54, 1.807) is 0 Å². The Hall–Kier alpha value is -1.69. The molecular weight excluding hydrogens is 252 g/mol. The summed E-state index contributed by atoms with van der Waals surface area (Å²) in [5, 5.41) is 1.93. The van der Waals surface area contributed by atoms with Crippen LogP contribution in [-0.2, 0) is 16.0 Å². The summed E-state index contributed by atoms with van der Waals surface area (Å²) in [5.74, 6) is -1.62. The van der Waals surface area contributed by atoms with Crippen molar-refractivity contribution in [1.82, 2.24) is 9.80 Å². The van der Waals surface area contributed by atoms with Crippen LogP contribution in [0.1, 0.15) is 10.4 Å². The maximum Gasteiger partial charge on any atom is 0.332 e. The van der Waals surface area contributed by atoms with Gasteiger partial charge in [-0.1, -0.05) is 0 Å². The molecule has 1 saturated heterocycles. The number of urea groups is 1. The van der Waals surface area contributed by atoms with Crippen LogP contribution in [0, 0.1) is 12.8 Å². The van der Waals surface area contributed by atoms with E-state index in [1.165, 1.54) is 25.4 Å². The van der Waals surface area contributed by atoms with E-state index in [2.05, 4.69) is 0 Å². The third kappa shape index (κ3) is 1.92. The summed E-state index contributed by atoms with van der Waals surface area (Å²) in [6, 6.07) is 1.39. The highest BCUT2D eigenvalue weighted by atomic mass is 32.1. The van der Waals surface area contributed by atoms with Crippen molar-refractivity contribution in [3.8, 4) is 0 Å². The fraction of sp³-hybridized carbons (Fsp3) is 0.417. The van der Waals surface area contributed by atoms with Crippen molar-refractivity contribution < 1.29 is 14.4 Å². The number of nitrogens with zero attached hydrogens (tertiary/aromatic N) is 2. The van der Waals surface area contributed by atoms with Crippen LogP contribution in [0.2, 0.25) is 0 Å². The van der Waals surface area contributed by atoms with E-state index in [-0.39, 0.29) is 0 Å². The van der Waals surface area contributed by atoms with Crippen LogP contribution in [0.4, 0.5) is 4.79 Å². The van der Waals surface area contributed by atoms with Crippen molar-refractivity contribution in [1.29, 1.82) is 0 Å². The van der Waals surface area contributed by atoms with E-state index in [1.807, 2.05) is 18.4 Å². The average molecular weight is 266 g/mol. The van der Waals surface area contributed by atoms with Crippen LogP contribution in [0.25, 0.3) is 0 Å². The second-order valence-corrected chi connectivity index (χ2v) is 5.36. The van der Waals surface area contributed by atoms with Crippen molar-refractivity contribution in [2.75, 3.05) is 14.1 Å². The molecule has 5 nitrogen and oxygen atoms in total. The number of imide groups is 2. The number of aryl methyl sites for hydroxylation is 1. The van der Waals surface area contributed by atoms with Gasteiger partial charge >= 0.3 is 6.03 Å². The normalized spacial score (nSPS) is 17.8. The van der Waals surface area contributed by atoms with Gasteiger partial charge in [0.05, 0.1) is 0 Å². The minimum Gasteiger partial charge on any atom is -0.273 e. The lowest BCUT2D eigenvalue weighted by molar-refractivity contribution is -0.147. The Balaban J connectivity index is 2.27. The van der Waals surface area contributed by atoms with Crippen LogP contribution in [0.3, 0.4) is 0 Å². The molecule has 6 heteroatoms. The summed E-state index contributed by atoms with van der Waals surface area (Å²) in [7, 11) is 2.81. The number of amides is 4. The number of carbonyl (C=O) groups excluding carboxylic acids is 3. The highest BCUT2D eigenvalue weighted by molar-refractivity contribution is 7.10. The molecule has 0 bridgehead atoms. The molecular formula is C12H14N2O3S. The Bertz CT molecular complexity index is 499. The standard InChI is InChI=1S/C12H14N2O3S/c1-7-4-5-18-9(7)6-8-10(15)13(2)12(17)14(3)11(8)16/h4-5,8H,6H2,1-3H3. The molecule has 0 N–H and O–H groups in total. The Morgan fingerprint density at radius 3 is 2.17 bits per heavy atom. The molecule has 1 aromatic heterocycles. The van der Waals surface area contributed by atoms with Gasteiger partial charge in [-0.2, -0.15) is 0 Å². The molecule has 0 aromatic carbocycles. The first-order valence-corrected chi connectivity index (χ1v) is 6.43. The second kappa shape index (κ2) is 4.53. The SMILES string of the molecule is Cc1ccsc1CC1C(=O)N(C)C(=O)N(C)C1=O. The van der Waals surface area contributed by atoms with Crippen LogP contribution in [0.15, 0.2) is 11.4 Å². The molecule has 0 aliphatic carbocycles. The Morgan fingerprint density at radius 2 is 1.72 bits per heavy atom. The molecule has 96 valence electrons. The first-order chi connectivity index (χ1) is 8.43. The van der Waals surface area contributed by atoms with Crippen molar-refractivity contribution in [3.05, 3.63) is 21.9 Å². The third-order valence-electron chi connectivity index (χ3n) is 3.19. The molecule has 0 spiro atoms. The van der Waals surface area contributed by atoms with E-state index in [4.69, 9.17) is 0 Å². The second-order valence-electron chi connectivity index (χ2n) is 4.36. The van der Waals surface area contributed by atoms with Crippen molar-refractivity contribution in [2.24, 2.45) is 5.92 Å². The zero-order valence-corrected chi connectivity index (χ0v) is 11.3. The molecule has 1 aliphatic heterocycles. The minimum atomic E-state index is -0.782. The molecule has 1 aromatic rings. The number of barbiturate groups is 1. The highest BCUT2D eigenvalue weighted by Gasteiger charge is 2.42. The topological polar surface area (TPSA) is 57.7 Å². The van der Waals surface area contributed by atoms with E-state index in [9.17, 15) is 14.4 Å². The van der Waals surface area contributed by atoms with Crippen LogP contribution in [-0.4, -0.2) is 41.7 Å². The third-order valence-corrected chi connectivity index (χ3v) is 4.23. The molecule has 0 radical (unpaired) electrons. The van der Waals surface area contributed by atoms with Crippen molar-refractivity contribution >= 4 is 29.2 Å². The summed E-state index contributed by atoms with van der Waals surface area (Å²) in [5.41, 5.74) is 1.07. The molecule has 0 saturated carbocycles. The summed E-state index contributed by atoms with van der Waals surface area (Å²) in [6.45, 7) is 1.95. The molecule has 2 rings (SSSR count). The molecule has 1 aliphatic rings. The lowest BCUT2D eigenvalue weighted by Crippen LogP contribution is -2.57. The maximum absolute atomic E-state index is 12.0. The summed E-state index contributed by atoms with van der Waals surface area (Å²) in [4.78, 5) is 38.6. The smallest absolute Gasteiger partial charge is 0.273 e. The fourth-order valence-electron chi connectivity index (χ4n) is 1.96. The quantitative estimate of drug-likeness (QED) is 0.757. The summed E-state index contributed by atoms with van der Waals surface area (Å²) >= 11 is 1.52. The largest absolute Gasteiger partial charge is 0.332 e. The summed E-state index contributed by atoms with van der Waals surface area (Å²) < 4.78 is 0. The van der Waals surface area contributed by atoms with Gasteiger partial charge in [0.25, 0.3) is 0 Å². The molecule has 0 atom stereocenters. The van der Waals surface area contributed by atoms with Gasteiger partial charge in [-0.05, 0) is 23.9 Å². The summed E-state index contributed by atoms with van der Waals surface area (Å²) in [6.07, 6.45) is 0.364. The van der Waals surface area contributed by atoms with Crippen LogP contribution < -0.4 is 0 Å². The van der Waals surface area contributed by atoms with Gasteiger partial charge in [0.1, 0.15) is 5.92 Å². The Labute approximate surface area is 109 Å². The number of rotatable bonds is 2. The first kappa shape index (κ1) is 12.8. The minimum absolute atomic E-state index is 0.364. The van der Waals surface area contributed by atoms with Gasteiger partial charge in [0, 0.05) is 25.4 Å². The van der Waals surface area contributed by atoms with Gasteiger partial charge in [-0.15, -0.1) is 11.3 Å². The van der Waals surface area contributed by atoms with Crippen molar-refractivity contribution in [3.63, 3.8) is 0 Å². The van der Waals surface area contributed by atoms with Crippen molar-refractivity contribution in [2.45, 2.75) is 13.3 Å². The number of hydrogen-bond donors (Lipinski definition) is 0. The zero-order valence-electron chi connectivity index (χ0n) is 10.5. The molecule has 2 heterocycles.